The molecule has 20 heavy (non-hydrogen) atoms. The first-order valence-corrected chi connectivity index (χ1v) is 8.15. The standard InChI is InChI=1S/C16H24BrNO2/c1-4-8-18-16(11-6-5-7-11)12-9-14(19-2)15(20-3)10-13(12)17/h9-11,16,18H,4-8H2,1-3H3. The molecule has 1 atom stereocenters. The van der Waals surface area contributed by atoms with Gasteiger partial charge < -0.3 is 14.8 Å². The molecule has 1 aliphatic rings. The lowest BCUT2D eigenvalue weighted by Gasteiger charge is -2.35. The van der Waals surface area contributed by atoms with Crippen LogP contribution in [0, 0.1) is 5.92 Å². The number of halogens is 1. The first kappa shape index (κ1) is 15.6. The molecule has 0 saturated heterocycles. The van der Waals surface area contributed by atoms with Gasteiger partial charge in [0.2, 0.25) is 0 Å². The second-order valence-corrected chi connectivity index (χ2v) is 6.21. The molecule has 1 saturated carbocycles. The van der Waals surface area contributed by atoms with Crippen molar-refractivity contribution in [2.45, 2.75) is 38.6 Å². The Bertz CT molecular complexity index is 446. The lowest BCUT2D eigenvalue weighted by Crippen LogP contribution is -2.33. The van der Waals surface area contributed by atoms with Crippen LogP contribution in [-0.4, -0.2) is 20.8 Å². The Kier molecular flexibility index (Phi) is 5.73. The summed E-state index contributed by atoms with van der Waals surface area (Å²) in [5.41, 5.74) is 1.28. The number of methoxy groups -OCH3 is 2. The van der Waals surface area contributed by atoms with Crippen molar-refractivity contribution in [2.24, 2.45) is 5.92 Å². The van der Waals surface area contributed by atoms with Crippen LogP contribution in [-0.2, 0) is 0 Å². The molecule has 0 radical (unpaired) electrons. The van der Waals surface area contributed by atoms with Crippen molar-refractivity contribution in [3.8, 4) is 11.5 Å². The lowest BCUT2D eigenvalue weighted by atomic mass is 9.77. The quantitative estimate of drug-likeness (QED) is 0.801. The van der Waals surface area contributed by atoms with Gasteiger partial charge in [-0.3, -0.25) is 0 Å². The summed E-state index contributed by atoms with van der Waals surface area (Å²) in [6.07, 6.45) is 5.11. The van der Waals surface area contributed by atoms with Gasteiger partial charge in [0.1, 0.15) is 0 Å². The maximum absolute atomic E-state index is 5.44. The molecule has 0 aliphatic heterocycles. The maximum Gasteiger partial charge on any atom is 0.161 e. The van der Waals surface area contributed by atoms with Crippen LogP contribution in [0.4, 0.5) is 0 Å². The predicted octanol–water partition coefficient (Wildman–Crippen LogP) is 4.31. The van der Waals surface area contributed by atoms with E-state index in [0.29, 0.717) is 6.04 Å². The van der Waals surface area contributed by atoms with Gasteiger partial charge in [-0.1, -0.05) is 29.3 Å². The molecule has 1 aromatic carbocycles. The highest BCUT2D eigenvalue weighted by Gasteiger charge is 2.30. The third kappa shape index (κ3) is 3.29. The summed E-state index contributed by atoms with van der Waals surface area (Å²) in [6, 6.07) is 4.51. The second kappa shape index (κ2) is 7.32. The van der Waals surface area contributed by atoms with E-state index in [0.717, 1.165) is 34.9 Å². The summed E-state index contributed by atoms with van der Waals surface area (Å²) in [7, 11) is 3.36. The summed E-state index contributed by atoms with van der Waals surface area (Å²) in [4.78, 5) is 0. The largest absolute Gasteiger partial charge is 0.493 e. The zero-order valence-electron chi connectivity index (χ0n) is 12.5. The van der Waals surface area contributed by atoms with Gasteiger partial charge in [0.05, 0.1) is 14.2 Å². The molecule has 1 aromatic rings. The molecule has 0 heterocycles. The molecule has 0 spiro atoms. The van der Waals surface area contributed by atoms with Crippen molar-refractivity contribution in [3.63, 3.8) is 0 Å². The lowest BCUT2D eigenvalue weighted by molar-refractivity contribution is 0.230. The smallest absolute Gasteiger partial charge is 0.161 e. The number of nitrogens with one attached hydrogen (secondary N) is 1. The minimum atomic E-state index is 0.401. The molecule has 0 bridgehead atoms. The van der Waals surface area contributed by atoms with E-state index in [1.54, 1.807) is 14.2 Å². The van der Waals surface area contributed by atoms with Crippen LogP contribution in [0.5, 0.6) is 11.5 Å². The summed E-state index contributed by atoms with van der Waals surface area (Å²) in [5, 5.41) is 3.69. The van der Waals surface area contributed by atoms with Crippen LogP contribution >= 0.6 is 15.9 Å². The molecule has 1 N–H and O–H groups in total. The number of benzene rings is 1. The highest BCUT2D eigenvalue weighted by Crippen LogP contribution is 2.43. The third-order valence-corrected chi connectivity index (χ3v) is 4.76. The van der Waals surface area contributed by atoms with Crippen LogP contribution in [0.3, 0.4) is 0 Å². The van der Waals surface area contributed by atoms with Crippen LogP contribution in [0.2, 0.25) is 0 Å². The van der Waals surface area contributed by atoms with E-state index in [4.69, 9.17) is 9.47 Å². The Morgan fingerprint density at radius 3 is 2.40 bits per heavy atom. The van der Waals surface area contributed by atoms with Crippen LogP contribution in [0.1, 0.15) is 44.2 Å². The summed E-state index contributed by atoms with van der Waals surface area (Å²) >= 11 is 3.69. The van der Waals surface area contributed by atoms with E-state index >= 15 is 0 Å². The molecule has 1 unspecified atom stereocenters. The predicted molar refractivity (Wildman–Crippen MR) is 85.6 cm³/mol. The van der Waals surface area contributed by atoms with E-state index in [-0.39, 0.29) is 0 Å². The Hall–Kier alpha value is -0.740. The van der Waals surface area contributed by atoms with Crippen LogP contribution < -0.4 is 14.8 Å². The number of hydrogen-bond donors (Lipinski definition) is 1. The van der Waals surface area contributed by atoms with E-state index in [1.807, 2.05) is 6.07 Å². The van der Waals surface area contributed by atoms with Crippen molar-refractivity contribution in [1.29, 1.82) is 0 Å². The Balaban J connectivity index is 2.31. The van der Waals surface area contributed by atoms with E-state index in [1.165, 1.54) is 24.8 Å². The zero-order chi connectivity index (χ0) is 14.5. The Morgan fingerprint density at radius 1 is 1.25 bits per heavy atom. The Morgan fingerprint density at radius 2 is 1.90 bits per heavy atom. The van der Waals surface area contributed by atoms with Crippen molar-refractivity contribution in [1.82, 2.24) is 5.32 Å². The van der Waals surface area contributed by atoms with Gasteiger partial charge in [-0.05, 0) is 49.4 Å². The minimum absolute atomic E-state index is 0.401. The maximum atomic E-state index is 5.44. The monoisotopic (exact) mass is 341 g/mol. The van der Waals surface area contributed by atoms with Crippen molar-refractivity contribution in [2.75, 3.05) is 20.8 Å². The first-order chi connectivity index (χ1) is 9.71. The highest BCUT2D eigenvalue weighted by molar-refractivity contribution is 9.10. The molecule has 1 aliphatic carbocycles. The van der Waals surface area contributed by atoms with E-state index < -0.39 is 0 Å². The average Bonchev–Trinajstić information content (AvgIpc) is 2.41. The third-order valence-electron chi connectivity index (χ3n) is 4.07. The van der Waals surface area contributed by atoms with Crippen LogP contribution in [0.15, 0.2) is 16.6 Å². The van der Waals surface area contributed by atoms with Crippen molar-refractivity contribution < 1.29 is 9.47 Å². The molecule has 2 rings (SSSR count). The van der Waals surface area contributed by atoms with Gasteiger partial charge in [0.15, 0.2) is 11.5 Å². The minimum Gasteiger partial charge on any atom is -0.493 e. The molecule has 1 fully saturated rings. The van der Waals surface area contributed by atoms with Crippen molar-refractivity contribution in [3.05, 3.63) is 22.2 Å². The molecule has 4 heteroatoms. The number of rotatable bonds is 7. The normalized spacial score (nSPS) is 16.6. The van der Waals surface area contributed by atoms with E-state index in [9.17, 15) is 0 Å². The van der Waals surface area contributed by atoms with E-state index in [2.05, 4.69) is 34.2 Å². The van der Waals surface area contributed by atoms with Crippen LogP contribution in [0.25, 0.3) is 0 Å². The summed E-state index contributed by atoms with van der Waals surface area (Å²) in [5.74, 6) is 2.30. The fraction of sp³-hybridized carbons (Fsp3) is 0.625. The molecular weight excluding hydrogens is 318 g/mol. The number of ether oxygens (including phenoxy) is 2. The van der Waals surface area contributed by atoms with Gasteiger partial charge in [-0.15, -0.1) is 0 Å². The first-order valence-electron chi connectivity index (χ1n) is 7.36. The fourth-order valence-corrected chi connectivity index (χ4v) is 3.28. The van der Waals surface area contributed by atoms with Gasteiger partial charge in [0, 0.05) is 10.5 Å². The van der Waals surface area contributed by atoms with Gasteiger partial charge in [0.25, 0.3) is 0 Å². The highest BCUT2D eigenvalue weighted by atomic mass is 79.9. The molecule has 112 valence electrons. The average molecular weight is 342 g/mol. The van der Waals surface area contributed by atoms with Gasteiger partial charge in [-0.2, -0.15) is 0 Å². The molecule has 3 nitrogen and oxygen atoms in total. The molecular formula is C16H24BrNO2. The number of hydrogen-bond acceptors (Lipinski definition) is 3. The van der Waals surface area contributed by atoms with Gasteiger partial charge in [-0.25, -0.2) is 0 Å². The Labute approximate surface area is 130 Å². The van der Waals surface area contributed by atoms with Gasteiger partial charge >= 0.3 is 0 Å². The summed E-state index contributed by atoms with van der Waals surface area (Å²) in [6.45, 7) is 3.25. The molecule has 0 amide bonds. The SMILES string of the molecule is CCCNC(c1cc(OC)c(OC)cc1Br)C1CCC1. The zero-order valence-corrected chi connectivity index (χ0v) is 14.1. The van der Waals surface area contributed by atoms with Crippen molar-refractivity contribution >= 4 is 15.9 Å². The topological polar surface area (TPSA) is 30.5 Å². The second-order valence-electron chi connectivity index (χ2n) is 5.35. The fourth-order valence-electron chi connectivity index (χ4n) is 2.71. The summed E-state index contributed by atoms with van der Waals surface area (Å²) < 4.78 is 11.9. The molecule has 0 aromatic heterocycles.